The molecule has 1 amide bonds. The normalized spacial score (nSPS) is 17.0. The molecule has 1 heterocycles. The van der Waals surface area contributed by atoms with E-state index in [2.05, 4.69) is 5.32 Å². The number of furan rings is 1. The van der Waals surface area contributed by atoms with Gasteiger partial charge in [0.15, 0.2) is 5.76 Å². The van der Waals surface area contributed by atoms with Gasteiger partial charge in [-0.15, -0.1) is 0 Å². The molecule has 1 atom stereocenters. The Balaban J connectivity index is 1.83. The summed E-state index contributed by atoms with van der Waals surface area (Å²) in [7, 11) is 1.59. The molecule has 0 fully saturated rings. The molecule has 1 aliphatic carbocycles. The Morgan fingerprint density at radius 2 is 2.09 bits per heavy atom. The lowest BCUT2D eigenvalue weighted by Crippen LogP contribution is -2.12. The Bertz CT molecular complexity index is 687. The number of aliphatic hydroxyl groups excluding tert-OH is 1. The Morgan fingerprint density at radius 3 is 2.73 bits per heavy atom. The van der Waals surface area contributed by atoms with Gasteiger partial charge in [-0.1, -0.05) is 0 Å². The Kier molecular flexibility index (Phi) is 3.90. The number of nitrogens with one attached hydrogen (secondary N) is 1. The van der Waals surface area contributed by atoms with Crippen LogP contribution in [0.5, 0.6) is 5.75 Å². The zero-order valence-corrected chi connectivity index (χ0v) is 12.7. The fraction of sp³-hybridized carbons (Fsp3) is 0.353. The van der Waals surface area contributed by atoms with Crippen LogP contribution in [0.3, 0.4) is 0 Å². The number of methoxy groups -OCH3 is 1. The number of rotatable bonds is 3. The molecule has 1 aromatic carbocycles. The van der Waals surface area contributed by atoms with Gasteiger partial charge in [0.2, 0.25) is 0 Å². The van der Waals surface area contributed by atoms with E-state index in [1.807, 2.05) is 6.92 Å². The maximum absolute atomic E-state index is 12.4. The lowest BCUT2D eigenvalue weighted by atomic mass is 9.92. The third kappa shape index (κ3) is 2.60. The summed E-state index contributed by atoms with van der Waals surface area (Å²) in [5, 5.41) is 12.9. The van der Waals surface area contributed by atoms with Crippen LogP contribution in [0.2, 0.25) is 0 Å². The fourth-order valence-electron chi connectivity index (χ4n) is 2.89. The van der Waals surface area contributed by atoms with Gasteiger partial charge in [0.25, 0.3) is 5.91 Å². The molecular weight excluding hydrogens is 282 g/mol. The second-order valence-electron chi connectivity index (χ2n) is 5.48. The Morgan fingerprint density at radius 1 is 1.36 bits per heavy atom. The number of ether oxygens (including phenoxy) is 1. The molecule has 2 N–H and O–H groups in total. The highest BCUT2D eigenvalue weighted by atomic mass is 16.5. The van der Waals surface area contributed by atoms with Crippen LogP contribution in [-0.2, 0) is 6.42 Å². The Labute approximate surface area is 128 Å². The number of aliphatic hydroxyl groups is 1. The summed E-state index contributed by atoms with van der Waals surface area (Å²) < 4.78 is 10.8. The molecule has 1 unspecified atom stereocenters. The summed E-state index contributed by atoms with van der Waals surface area (Å²) in [4.78, 5) is 12.4. The van der Waals surface area contributed by atoms with E-state index in [0.29, 0.717) is 12.1 Å². The molecule has 2 aromatic rings. The smallest absolute Gasteiger partial charge is 0.291 e. The van der Waals surface area contributed by atoms with Crippen molar-refractivity contribution < 1.29 is 19.1 Å². The number of hydrogen-bond acceptors (Lipinski definition) is 4. The molecule has 0 spiro atoms. The largest absolute Gasteiger partial charge is 0.497 e. The number of anilines is 1. The van der Waals surface area contributed by atoms with Crippen LogP contribution in [0.15, 0.2) is 28.7 Å². The van der Waals surface area contributed by atoms with Crippen molar-refractivity contribution in [3.05, 3.63) is 46.9 Å². The van der Waals surface area contributed by atoms with E-state index in [-0.39, 0.29) is 11.7 Å². The summed E-state index contributed by atoms with van der Waals surface area (Å²) >= 11 is 0. The van der Waals surface area contributed by atoms with Crippen LogP contribution < -0.4 is 10.1 Å². The minimum Gasteiger partial charge on any atom is -0.497 e. The maximum Gasteiger partial charge on any atom is 0.291 e. The third-order valence-electron chi connectivity index (χ3n) is 4.04. The highest BCUT2D eigenvalue weighted by Crippen LogP contribution is 2.35. The number of amides is 1. The van der Waals surface area contributed by atoms with E-state index < -0.39 is 6.10 Å². The molecule has 0 saturated heterocycles. The van der Waals surface area contributed by atoms with Crippen molar-refractivity contribution in [2.75, 3.05) is 12.4 Å². The molecule has 116 valence electrons. The summed E-state index contributed by atoms with van der Waals surface area (Å²) in [6, 6.07) is 7.09. The average Bonchev–Trinajstić information content (AvgIpc) is 2.86. The zero-order chi connectivity index (χ0) is 15.7. The predicted octanol–water partition coefficient (Wildman–Crippen LogP) is 3.22. The van der Waals surface area contributed by atoms with E-state index in [9.17, 15) is 9.90 Å². The quantitative estimate of drug-likeness (QED) is 0.913. The first-order valence-corrected chi connectivity index (χ1v) is 7.35. The van der Waals surface area contributed by atoms with E-state index in [1.54, 1.807) is 31.4 Å². The first kappa shape index (κ1) is 14.7. The first-order chi connectivity index (χ1) is 10.6. The SMILES string of the molecule is COc1ccc(NC(=O)c2oc3c(c2C)C(O)CCC3)cc1. The van der Waals surface area contributed by atoms with Gasteiger partial charge >= 0.3 is 0 Å². The standard InChI is InChI=1S/C17H19NO4/c1-10-15-13(19)4-3-5-14(15)22-16(10)17(20)18-11-6-8-12(21-2)9-7-11/h6-9,13,19H,3-5H2,1-2H3,(H,18,20). The van der Waals surface area contributed by atoms with E-state index in [4.69, 9.17) is 9.15 Å². The zero-order valence-electron chi connectivity index (χ0n) is 12.7. The molecule has 22 heavy (non-hydrogen) atoms. The monoisotopic (exact) mass is 301 g/mol. The summed E-state index contributed by atoms with van der Waals surface area (Å²) in [6.45, 7) is 1.82. The number of aryl methyl sites for hydroxylation is 1. The van der Waals surface area contributed by atoms with Gasteiger partial charge in [0.05, 0.1) is 13.2 Å². The van der Waals surface area contributed by atoms with Crippen molar-refractivity contribution in [3.8, 4) is 5.75 Å². The van der Waals surface area contributed by atoms with E-state index in [0.717, 1.165) is 35.5 Å². The maximum atomic E-state index is 12.4. The molecule has 5 nitrogen and oxygen atoms in total. The minimum atomic E-state index is -0.532. The number of carbonyl (C=O) groups is 1. The van der Waals surface area contributed by atoms with Gasteiger partial charge in [0.1, 0.15) is 11.5 Å². The molecule has 1 aliphatic rings. The molecule has 0 radical (unpaired) electrons. The molecule has 5 heteroatoms. The molecule has 0 aliphatic heterocycles. The summed E-state index contributed by atoms with van der Waals surface area (Å²) in [6.07, 6.45) is 1.83. The van der Waals surface area contributed by atoms with Crippen molar-refractivity contribution in [2.24, 2.45) is 0 Å². The second-order valence-corrected chi connectivity index (χ2v) is 5.48. The number of benzene rings is 1. The first-order valence-electron chi connectivity index (χ1n) is 7.35. The number of carbonyl (C=O) groups excluding carboxylic acids is 1. The van der Waals surface area contributed by atoms with Crippen LogP contribution in [0.25, 0.3) is 0 Å². The van der Waals surface area contributed by atoms with Crippen LogP contribution in [-0.4, -0.2) is 18.1 Å². The molecule has 3 rings (SSSR count). The van der Waals surface area contributed by atoms with Gasteiger partial charge in [-0.3, -0.25) is 4.79 Å². The van der Waals surface area contributed by atoms with Crippen LogP contribution in [0.1, 0.15) is 46.4 Å². The van der Waals surface area contributed by atoms with Crippen molar-refractivity contribution in [3.63, 3.8) is 0 Å². The highest BCUT2D eigenvalue weighted by Gasteiger charge is 2.28. The summed E-state index contributed by atoms with van der Waals surface area (Å²) in [5.74, 6) is 1.44. The molecule has 0 saturated carbocycles. The molecule has 1 aromatic heterocycles. The lowest BCUT2D eigenvalue weighted by molar-refractivity contribution is 0.0993. The van der Waals surface area contributed by atoms with E-state index >= 15 is 0 Å². The Hall–Kier alpha value is -2.27. The van der Waals surface area contributed by atoms with Crippen LogP contribution in [0.4, 0.5) is 5.69 Å². The van der Waals surface area contributed by atoms with Crippen molar-refractivity contribution in [2.45, 2.75) is 32.3 Å². The van der Waals surface area contributed by atoms with Crippen LogP contribution >= 0.6 is 0 Å². The number of fused-ring (bicyclic) bond motifs is 1. The van der Waals surface area contributed by atoms with Crippen molar-refractivity contribution in [1.82, 2.24) is 0 Å². The van der Waals surface area contributed by atoms with Crippen LogP contribution in [0, 0.1) is 6.92 Å². The average molecular weight is 301 g/mol. The minimum absolute atomic E-state index is 0.279. The van der Waals surface area contributed by atoms with Gasteiger partial charge in [-0.2, -0.15) is 0 Å². The van der Waals surface area contributed by atoms with Crippen molar-refractivity contribution in [1.29, 1.82) is 0 Å². The predicted molar refractivity (Wildman–Crippen MR) is 82.3 cm³/mol. The van der Waals surface area contributed by atoms with Gasteiger partial charge in [-0.05, 0) is 44.0 Å². The topological polar surface area (TPSA) is 71.7 Å². The van der Waals surface area contributed by atoms with Gasteiger partial charge in [0, 0.05) is 23.2 Å². The summed E-state index contributed by atoms with van der Waals surface area (Å²) in [5.41, 5.74) is 2.18. The lowest BCUT2D eigenvalue weighted by Gasteiger charge is -2.16. The van der Waals surface area contributed by atoms with Gasteiger partial charge < -0.3 is 19.6 Å². The third-order valence-corrected chi connectivity index (χ3v) is 4.04. The van der Waals surface area contributed by atoms with Crippen molar-refractivity contribution >= 4 is 11.6 Å². The molecule has 0 bridgehead atoms. The van der Waals surface area contributed by atoms with E-state index in [1.165, 1.54) is 0 Å². The van der Waals surface area contributed by atoms with Gasteiger partial charge in [-0.25, -0.2) is 0 Å². The fourth-order valence-corrected chi connectivity index (χ4v) is 2.89. The highest BCUT2D eigenvalue weighted by molar-refractivity contribution is 6.03. The second kappa shape index (κ2) is 5.85. The molecular formula is C17H19NO4. The number of hydrogen-bond donors (Lipinski definition) is 2.